The second-order valence-electron chi connectivity index (χ2n) is 6.03. The van der Waals surface area contributed by atoms with E-state index in [1.165, 1.54) is 0 Å². The van der Waals surface area contributed by atoms with Gasteiger partial charge in [0.1, 0.15) is 5.82 Å². The Hall–Kier alpha value is -2.70. The van der Waals surface area contributed by atoms with Crippen molar-refractivity contribution in [2.24, 2.45) is 0 Å². The van der Waals surface area contributed by atoms with E-state index >= 15 is 0 Å². The van der Waals surface area contributed by atoms with E-state index < -0.39 is 0 Å². The van der Waals surface area contributed by atoms with Crippen LogP contribution >= 0.6 is 0 Å². The molecule has 3 rings (SSSR count). The highest BCUT2D eigenvalue weighted by atomic mass is 16.2. The molecular weight excluding hydrogens is 306 g/mol. The molecule has 1 amide bonds. The third kappa shape index (κ3) is 3.98. The maximum Gasteiger partial charge on any atom is 0.251 e. The standard InChI is InChI=1S/C17H21N5O2/c1-12-20-15(8-16(23)21-12)13-4-3-7-22(11-13)17(24)10-19-14-5-2-6-18-9-14/h2,5-6,8-9,13,19H,3-4,7,10-11H2,1H3,(H,20,21,23). The van der Waals surface area contributed by atoms with Crippen LogP contribution < -0.4 is 10.9 Å². The number of piperidine rings is 1. The van der Waals surface area contributed by atoms with Crippen molar-refractivity contribution >= 4 is 11.6 Å². The first-order valence-corrected chi connectivity index (χ1v) is 8.11. The van der Waals surface area contributed by atoms with Gasteiger partial charge in [0.05, 0.1) is 17.9 Å². The minimum atomic E-state index is -0.140. The maximum atomic E-state index is 12.4. The zero-order valence-electron chi connectivity index (χ0n) is 13.7. The van der Waals surface area contributed by atoms with Crippen LogP contribution in [0.3, 0.4) is 0 Å². The van der Waals surface area contributed by atoms with Gasteiger partial charge >= 0.3 is 0 Å². The van der Waals surface area contributed by atoms with Crippen molar-refractivity contribution in [2.75, 3.05) is 25.0 Å². The van der Waals surface area contributed by atoms with Crippen molar-refractivity contribution in [3.8, 4) is 0 Å². The molecule has 7 heteroatoms. The van der Waals surface area contributed by atoms with E-state index in [0.29, 0.717) is 12.4 Å². The number of H-pyrrole nitrogens is 1. The average Bonchev–Trinajstić information content (AvgIpc) is 2.60. The number of aryl methyl sites for hydroxylation is 1. The van der Waals surface area contributed by atoms with Crippen molar-refractivity contribution in [2.45, 2.75) is 25.7 Å². The summed E-state index contributed by atoms with van der Waals surface area (Å²) in [4.78, 5) is 37.0. The number of carbonyl (C=O) groups excluding carboxylic acids is 1. The number of anilines is 1. The van der Waals surface area contributed by atoms with Crippen LogP contribution in [0, 0.1) is 6.92 Å². The Bertz CT molecular complexity index is 759. The first-order chi connectivity index (χ1) is 11.6. The lowest BCUT2D eigenvalue weighted by Crippen LogP contribution is -2.42. The number of rotatable bonds is 4. The second kappa shape index (κ2) is 7.25. The summed E-state index contributed by atoms with van der Waals surface area (Å²) in [6.45, 7) is 3.35. The fourth-order valence-corrected chi connectivity index (χ4v) is 3.01. The summed E-state index contributed by atoms with van der Waals surface area (Å²) in [5.74, 6) is 0.770. The lowest BCUT2D eigenvalue weighted by Gasteiger charge is -2.32. The normalized spacial score (nSPS) is 17.5. The molecule has 24 heavy (non-hydrogen) atoms. The molecule has 1 fully saturated rings. The molecule has 0 aliphatic carbocycles. The number of hydrogen-bond acceptors (Lipinski definition) is 5. The molecule has 1 saturated heterocycles. The van der Waals surface area contributed by atoms with Crippen LogP contribution in [0.4, 0.5) is 5.69 Å². The summed E-state index contributed by atoms with van der Waals surface area (Å²) < 4.78 is 0. The molecule has 1 aliphatic rings. The number of carbonyl (C=O) groups is 1. The summed E-state index contributed by atoms with van der Waals surface area (Å²) >= 11 is 0. The Kier molecular flexibility index (Phi) is 4.88. The monoisotopic (exact) mass is 327 g/mol. The lowest BCUT2D eigenvalue weighted by atomic mass is 9.94. The van der Waals surface area contributed by atoms with Crippen molar-refractivity contribution in [3.63, 3.8) is 0 Å². The maximum absolute atomic E-state index is 12.4. The quantitative estimate of drug-likeness (QED) is 0.883. The molecule has 2 aromatic rings. The third-order valence-electron chi connectivity index (χ3n) is 4.18. The van der Waals surface area contributed by atoms with E-state index in [0.717, 1.165) is 30.8 Å². The van der Waals surface area contributed by atoms with E-state index in [-0.39, 0.29) is 23.9 Å². The van der Waals surface area contributed by atoms with Crippen LogP contribution in [-0.4, -0.2) is 45.4 Å². The summed E-state index contributed by atoms with van der Waals surface area (Å²) in [7, 11) is 0. The minimum Gasteiger partial charge on any atom is -0.375 e. The molecule has 2 N–H and O–H groups in total. The van der Waals surface area contributed by atoms with E-state index in [2.05, 4.69) is 20.3 Å². The molecule has 1 aliphatic heterocycles. The number of aromatic amines is 1. The molecule has 0 saturated carbocycles. The van der Waals surface area contributed by atoms with Gasteiger partial charge in [-0.15, -0.1) is 0 Å². The molecule has 0 bridgehead atoms. The van der Waals surface area contributed by atoms with Gasteiger partial charge in [0, 0.05) is 37.5 Å². The van der Waals surface area contributed by atoms with Gasteiger partial charge < -0.3 is 15.2 Å². The predicted octanol–water partition coefficient (Wildman–Crippen LogP) is 1.29. The summed E-state index contributed by atoms with van der Waals surface area (Å²) in [5, 5.41) is 3.09. The van der Waals surface area contributed by atoms with E-state index in [1.807, 2.05) is 17.0 Å². The average molecular weight is 327 g/mol. The van der Waals surface area contributed by atoms with Gasteiger partial charge in [-0.1, -0.05) is 0 Å². The van der Waals surface area contributed by atoms with Crippen LogP contribution in [0.5, 0.6) is 0 Å². The third-order valence-corrected chi connectivity index (χ3v) is 4.18. The highest BCUT2D eigenvalue weighted by molar-refractivity contribution is 5.81. The van der Waals surface area contributed by atoms with Crippen LogP contribution in [0.1, 0.15) is 30.3 Å². The van der Waals surface area contributed by atoms with Crippen LogP contribution in [-0.2, 0) is 4.79 Å². The largest absolute Gasteiger partial charge is 0.375 e. The lowest BCUT2D eigenvalue weighted by molar-refractivity contribution is -0.130. The van der Waals surface area contributed by atoms with Crippen LogP contribution in [0.2, 0.25) is 0 Å². The van der Waals surface area contributed by atoms with Gasteiger partial charge in [0.2, 0.25) is 5.91 Å². The summed E-state index contributed by atoms with van der Waals surface area (Å²) in [6, 6.07) is 5.24. The fraction of sp³-hybridized carbons (Fsp3) is 0.412. The Balaban J connectivity index is 1.62. The number of aromatic nitrogens is 3. The van der Waals surface area contributed by atoms with E-state index in [4.69, 9.17) is 0 Å². The van der Waals surface area contributed by atoms with E-state index in [9.17, 15) is 9.59 Å². The smallest absolute Gasteiger partial charge is 0.251 e. The number of amides is 1. The van der Waals surface area contributed by atoms with Crippen molar-refractivity contribution in [3.05, 3.63) is 52.5 Å². The zero-order valence-corrected chi connectivity index (χ0v) is 13.7. The second-order valence-corrected chi connectivity index (χ2v) is 6.03. The Morgan fingerprint density at radius 1 is 1.50 bits per heavy atom. The number of nitrogens with one attached hydrogen (secondary N) is 2. The van der Waals surface area contributed by atoms with Gasteiger partial charge in [-0.25, -0.2) is 4.98 Å². The van der Waals surface area contributed by atoms with Gasteiger partial charge in [-0.05, 0) is 31.9 Å². The SMILES string of the molecule is Cc1nc(C2CCCN(C(=O)CNc3cccnc3)C2)cc(=O)[nH]1. The minimum absolute atomic E-state index is 0.0464. The molecule has 3 heterocycles. The molecule has 0 spiro atoms. The van der Waals surface area contributed by atoms with Crippen molar-refractivity contribution in [1.29, 1.82) is 0 Å². The number of hydrogen-bond donors (Lipinski definition) is 2. The number of nitrogens with zero attached hydrogens (tertiary/aromatic N) is 3. The van der Waals surface area contributed by atoms with Crippen LogP contribution in [0.15, 0.2) is 35.4 Å². The molecule has 1 unspecified atom stereocenters. The Labute approximate surface area is 140 Å². The van der Waals surface area contributed by atoms with Crippen molar-refractivity contribution < 1.29 is 4.79 Å². The topological polar surface area (TPSA) is 91.0 Å². The molecule has 0 aromatic carbocycles. The Morgan fingerprint density at radius 3 is 3.12 bits per heavy atom. The molecular formula is C17H21N5O2. The highest BCUT2D eigenvalue weighted by Crippen LogP contribution is 2.25. The molecule has 1 atom stereocenters. The van der Waals surface area contributed by atoms with Crippen LogP contribution in [0.25, 0.3) is 0 Å². The Morgan fingerprint density at radius 2 is 2.38 bits per heavy atom. The number of pyridine rings is 1. The molecule has 2 aromatic heterocycles. The van der Waals surface area contributed by atoms with Gasteiger partial charge in [0.15, 0.2) is 0 Å². The summed E-state index contributed by atoms with van der Waals surface area (Å²) in [5.41, 5.74) is 1.46. The fourth-order valence-electron chi connectivity index (χ4n) is 3.01. The molecule has 7 nitrogen and oxygen atoms in total. The summed E-state index contributed by atoms with van der Waals surface area (Å²) in [6.07, 6.45) is 5.24. The van der Waals surface area contributed by atoms with Gasteiger partial charge in [0.25, 0.3) is 5.56 Å². The van der Waals surface area contributed by atoms with Gasteiger partial charge in [-0.2, -0.15) is 0 Å². The molecule has 126 valence electrons. The molecule has 0 radical (unpaired) electrons. The van der Waals surface area contributed by atoms with E-state index in [1.54, 1.807) is 25.4 Å². The first kappa shape index (κ1) is 16.2. The number of likely N-dealkylation sites (tertiary alicyclic amines) is 1. The highest BCUT2D eigenvalue weighted by Gasteiger charge is 2.25. The van der Waals surface area contributed by atoms with Crippen molar-refractivity contribution in [1.82, 2.24) is 19.9 Å². The zero-order chi connectivity index (χ0) is 16.9. The first-order valence-electron chi connectivity index (χ1n) is 8.11. The van der Waals surface area contributed by atoms with Gasteiger partial charge in [-0.3, -0.25) is 14.6 Å². The predicted molar refractivity (Wildman–Crippen MR) is 90.9 cm³/mol.